The molecule has 0 bridgehead atoms. The van der Waals surface area contributed by atoms with Crippen molar-refractivity contribution in [2.75, 3.05) is 11.6 Å². The molecule has 0 unspecified atom stereocenters. The highest BCUT2D eigenvalue weighted by Gasteiger charge is 2.10. The molecule has 0 spiro atoms. The Morgan fingerprint density at radius 1 is 1.27 bits per heavy atom. The van der Waals surface area contributed by atoms with E-state index in [1.807, 2.05) is 17.5 Å². The van der Waals surface area contributed by atoms with E-state index in [0.717, 1.165) is 4.88 Å². The van der Waals surface area contributed by atoms with Crippen LogP contribution in [0, 0.1) is 0 Å². The Labute approximate surface area is 131 Å². The topological polar surface area (TPSA) is 85.1 Å². The first kappa shape index (κ1) is 14.7. The summed E-state index contributed by atoms with van der Waals surface area (Å²) in [5.41, 5.74) is 0.679. The predicted molar refractivity (Wildman–Crippen MR) is 84.5 cm³/mol. The number of benzene rings is 1. The van der Waals surface area contributed by atoms with Crippen LogP contribution < -0.4 is 5.32 Å². The fourth-order valence-corrected chi connectivity index (χ4v) is 3.16. The minimum Gasteiger partial charge on any atom is -0.376 e. The molecule has 0 radical (unpaired) electrons. The van der Waals surface area contributed by atoms with Crippen LogP contribution in [0.3, 0.4) is 0 Å². The molecule has 2 heterocycles. The number of sulfone groups is 1. The average molecular weight is 335 g/mol. The first-order valence-electron chi connectivity index (χ1n) is 6.43. The van der Waals surface area contributed by atoms with Crippen LogP contribution in [-0.4, -0.2) is 24.8 Å². The first-order valence-corrected chi connectivity index (χ1v) is 9.20. The van der Waals surface area contributed by atoms with Gasteiger partial charge < -0.3 is 9.84 Å². The van der Waals surface area contributed by atoms with Crippen LogP contribution in [0.4, 0.5) is 5.69 Å². The third-order valence-electron chi connectivity index (χ3n) is 2.92. The molecular formula is C14H13N3O3S2. The van der Waals surface area contributed by atoms with Crippen molar-refractivity contribution in [3.63, 3.8) is 0 Å². The lowest BCUT2D eigenvalue weighted by Crippen LogP contribution is -2.02. The van der Waals surface area contributed by atoms with Crippen molar-refractivity contribution in [1.82, 2.24) is 10.1 Å². The molecule has 6 nitrogen and oxygen atoms in total. The molecule has 22 heavy (non-hydrogen) atoms. The highest BCUT2D eigenvalue weighted by atomic mass is 32.2. The fourth-order valence-electron chi connectivity index (χ4n) is 1.85. The summed E-state index contributed by atoms with van der Waals surface area (Å²) < 4.78 is 28.2. The summed E-state index contributed by atoms with van der Waals surface area (Å²) in [7, 11) is -3.22. The van der Waals surface area contributed by atoms with E-state index in [2.05, 4.69) is 15.5 Å². The lowest BCUT2D eigenvalue weighted by atomic mass is 10.3. The standard InChI is InChI=1S/C14H13N3O3S2/c1-22(18,19)11-5-2-4-10(8-11)15-9-13-16-14(17-20-13)12-6-3-7-21-12/h2-8,15H,9H2,1H3. The van der Waals surface area contributed by atoms with Crippen LogP contribution in [0.25, 0.3) is 10.7 Å². The van der Waals surface area contributed by atoms with E-state index < -0.39 is 9.84 Å². The molecule has 3 rings (SSSR count). The molecule has 0 fully saturated rings. The number of thiophene rings is 1. The maximum atomic E-state index is 11.5. The number of hydrogen-bond donors (Lipinski definition) is 1. The Hall–Kier alpha value is -2.19. The quantitative estimate of drug-likeness (QED) is 0.772. The third-order valence-corrected chi connectivity index (χ3v) is 4.89. The van der Waals surface area contributed by atoms with Gasteiger partial charge in [0.15, 0.2) is 9.84 Å². The molecule has 1 N–H and O–H groups in total. The van der Waals surface area contributed by atoms with E-state index in [1.165, 1.54) is 17.6 Å². The Morgan fingerprint density at radius 2 is 2.14 bits per heavy atom. The van der Waals surface area contributed by atoms with Gasteiger partial charge in [0.2, 0.25) is 11.7 Å². The van der Waals surface area contributed by atoms with Crippen molar-refractivity contribution >= 4 is 26.9 Å². The van der Waals surface area contributed by atoms with Crippen molar-refractivity contribution in [2.24, 2.45) is 0 Å². The smallest absolute Gasteiger partial charge is 0.246 e. The van der Waals surface area contributed by atoms with E-state index in [-0.39, 0.29) is 4.90 Å². The number of hydrogen-bond acceptors (Lipinski definition) is 7. The summed E-state index contributed by atoms with van der Waals surface area (Å²) in [5.74, 6) is 0.991. The summed E-state index contributed by atoms with van der Waals surface area (Å²) >= 11 is 1.54. The van der Waals surface area contributed by atoms with E-state index >= 15 is 0 Å². The van der Waals surface area contributed by atoms with Gasteiger partial charge >= 0.3 is 0 Å². The Bertz CT molecular complexity index is 870. The Morgan fingerprint density at radius 3 is 2.86 bits per heavy atom. The lowest BCUT2D eigenvalue weighted by Gasteiger charge is -2.05. The van der Waals surface area contributed by atoms with Crippen LogP contribution in [0.15, 0.2) is 51.2 Å². The second-order valence-electron chi connectivity index (χ2n) is 4.64. The summed E-state index contributed by atoms with van der Waals surface area (Å²) in [6, 6.07) is 10.4. The molecule has 0 amide bonds. The Kier molecular flexibility index (Phi) is 3.95. The molecule has 0 saturated carbocycles. The maximum Gasteiger partial charge on any atom is 0.246 e. The largest absolute Gasteiger partial charge is 0.376 e. The molecular weight excluding hydrogens is 322 g/mol. The Balaban J connectivity index is 1.71. The van der Waals surface area contributed by atoms with E-state index in [1.54, 1.807) is 24.3 Å². The normalized spacial score (nSPS) is 11.5. The van der Waals surface area contributed by atoms with Gasteiger partial charge in [-0.3, -0.25) is 0 Å². The predicted octanol–water partition coefficient (Wildman–Crippen LogP) is 2.81. The third kappa shape index (κ3) is 3.34. The average Bonchev–Trinajstić information content (AvgIpc) is 3.15. The number of rotatable bonds is 5. The molecule has 0 aliphatic rings. The van der Waals surface area contributed by atoms with Crippen LogP contribution >= 0.6 is 11.3 Å². The zero-order valence-corrected chi connectivity index (χ0v) is 13.3. The second kappa shape index (κ2) is 5.90. The number of nitrogens with zero attached hydrogens (tertiary/aromatic N) is 2. The van der Waals surface area contributed by atoms with Gasteiger partial charge in [-0.25, -0.2) is 8.42 Å². The maximum absolute atomic E-state index is 11.5. The highest BCUT2D eigenvalue weighted by Crippen LogP contribution is 2.21. The highest BCUT2D eigenvalue weighted by molar-refractivity contribution is 7.90. The monoisotopic (exact) mass is 335 g/mol. The van der Waals surface area contributed by atoms with Crippen molar-refractivity contribution < 1.29 is 12.9 Å². The minimum atomic E-state index is -3.22. The van der Waals surface area contributed by atoms with Gasteiger partial charge in [-0.05, 0) is 29.6 Å². The SMILES string of the molecule is CS(=O)(=O)c1cccc(NCc2nc(-c3cccs3)no2)c1. The van der Waals surface area contributed by atoms with Crippen LogP contribution in [0.1, 0.15) is 5.89 Å². The zero-order valence-electron chi connectivity index (χ0n) is 11.7. The van der Waals surface area contributed by atoms with Crippen molar-refractivity contribution in [1.29, 1.82) is 0 Å². The van der Waals surface area contributed by atoms with E-state index in [9.17, 15) is 8.42 Å². The summed E-state index contributed by atoms with van der Waals surface area (Å²) in [6.45, 7) is 0.325. The fraction of sp³-hybridized carbons (Fsp3) is 0.143. The molecule has 8 heteroatoms. The van der Waals surface area contributed by atoms with Crippen LogP contribution in [0.5, 0.6) is 0 Å². The molecule has 0 aliphatic heterocycles. The van der Waals surface area contributed by atoms with Crippen LogP contribution in [-0.2, 0) is 16.4 Å². The van der Waals surface area contributed by atoms with Gasteiger partial charge in [-0.1, -0.05) is 17.3 Å². The number of nitrogens with one attached hydrogen (secondary N) is 1. The zero-order chi connectivity index (χ0) is 15.6. The van der Waals surface area contributed by atoms with Crippen LogP contribution in [0.2, 0.25) is 0 Å². The van der Waals surface area contributed by atoms with Gasteiger partial charge in [-0.2, -0.15) is 4.98 Å². The molecule has 0 saturated heterocycles. The molecule has 1 aromatic carbocycles. The van der Waals surface area contributed by atoms with Crippen molar-refractivity contribution in [3.05, 3.63) is 47.7 Å². The van der Waals surface area contributed by atoms with Crippen molar-refractivity contribution in [3.8, 4) is 10.7 Å². The molecule has 2 aromatic heterocycles. The number of anilines is 1. The minimum absolute atomic E-state index is 0.266. The molecule has 114 valence electrons. The molecule has 3 aromatic rings. The van der Waals surface area contributed by atoms with Gasteiger partial charge in [0, 0.05) is 11.9 Å². The lowest BCUT2D eigenvalue weighted by molar-refractivity contribution is 0.384. The molecule has 0 atom stereocenters. The summed E-state index contributed by atoms with van der Waals surface area (Å²) in [5, 5.41) is 8.94. The summed E-state index contributed by atoms with van der Waals surface area (Å²) in [6.07, 6.45) is 1.18. The van der Waals surface area contributed by atoms with Gasteiger partial charge in [0.25, 0.3) is 0 Å². The number of aromatic nitrogens is 2. The summed E-state index contributed by atoms with van der Waals surface area (Å²) in [4.78, 5) is 5.50. The first-order chi connectivity index (χ1) is 10.5. The molecule has 0 aliphatic carbocycles. The van der Waals surface area contributed by atoms with E-state index in [0.29, 0.717) is 23.9 Å². The second-order valence-corrected chi connectivity index (χ2v) is 7.61. The van der Waals surface area contributed by atoms with Gasteiger partial charge in [0.05, 0.1) is 16.3 Å². The van der Waals surface area contributed by atoms with Gasteiger partial charge in [0.1, 0.15) is 0 Å². The van der Waals surface area contributed by atoms with E-state index in [4.69, 9.17) is 4.52 Å². The van der Waals surface area contributed by atoms with Gasteiger partial charge in [-0.15, -0.1) is 11.3 Å². The van der Waals surface area contributed by atoms with Crippen molar-refractivity contribution in [2.45, 2.75) is 11.4 Å².